The van der Waals surface area contributed by atoms with E-state index in [0.717, 1.165) is 37.1 Å². The van der Waals surface area contributed by atoms with Gasteiger partial charge in [0, 0.05) is 49.5 Å². The smallest absolute Gasteiger partial charge is 0.256 e. The fourth-order valence-electron chi connectivity index (χ4n) is 4.35. The number of hydrogen-bond donors (Lipinski definition) is 3. The maximum atomic E-state index is 13.0. The molecule has 1 amide bonds. The lowest BCUT2D eigenvalue weighted by molar-refractivity contribution is -0.118. The second-order valence-corrected chi connectivity index (χ2v) is 9.63. The van der Waals surface area contributed by atoms with Crippen molar-refractivity contribution in [1.82, 2.24) is 15.6 Å². The minimum absolute atomic E-state index is 0.0353. The van der Waals surface area contributed by atoms with Crippen LogP contribution in [0.4, 0.5) is 5.69 Å². The van der Waals surface area contributed by atoms with Gasteiger partial charge in [-0.05, 0) is 38.0 Å². The van der Waals surface area contributed by atoms with Crippen molar-refractivity contribution < 1.29 is 19.0 Å². The van der Waals surface area contributed by atoms with E-state index in [1.54, 1.807) is 30.6 Å². The first-order valence-electron chi connectivity index (χ1n) is 12.0. The molecular formula is C26H31ClN4O4S. The number of benzene rings is 1. The highest BCUT2D eigenvalue weighted by Crippen LogP contribution is 2.33. The van der Waals surface area contributed by atoms with Crippen molar-refractivity contribution in [3.63, 3.8) is 0 Å². The molecular weight excluding hydrogens is 500 g/mol. The molecule has 0 saturated carbocycles. The molecule has 1 aromatic heterocycles. The Kier molecular flexibility index (Phi) is 9.01. The summed E-state index contributed by atoms with van der Waals surface area (Å²) in [6, 6.07) is 7.19. The quantitative estimate of drug-likeness (QED) is 0.390. The molecule has 2 aliphatic heterocycles. The Labute approximate surface area is 221 Å². The number of carbonyl (C=O) groups is 1. The number of para-hydroxylation sites is 1. The van der Waals surface area contributed by atoms with E-state index in [-0.39, 0.29) is 23.0 Å². The maximum absolute atomic E-state index is 13.0. The first-order valence-corrected chi connectivity index (χ1v) is 12.8. The Hall–Kier alpha value is -2.88. The molecule has 36 heavy (non-hydrogen) atoms. The Morgan fingerprint density at radius 2 is 2.22 bits per heavy atom. The molecule has 0 unspecified atom stereocenters. The number of ether oxygens (including phenoxy) is 3. The third-order valence-electron chi connectivity index (χ3n) is 6.15. The third kappa shape index (κ3) is 6.46. The van der Waals surface area contributed by atoms with Gasteiger partial charge in [0.25, 0.3) is 5.91 Å². The van der Waals surface area contributed by atoms with E-state index < -0.39 is 0 Å². The third-order valence-corrected chi connectivity index (χ3v) is 6.75. The van der Waals surface area contributed by atoms with Gasteiger partial charge in [0.2, 0.25) is 0 Å². The van der Waals surface area contributed by atoms with Crippen molar-refractivity contribution in [3.05, 3.63) is 58.5 Å². The van der Waals surface area contributed by atoms with E-state index in [0.29, 0.717) is 47.4 Å². The van der Waals surface area contributed by atoms with Crippen molar-refractivity contribution in [2.45, 2.75) is 51.3 Å². The Bertz CT molecular complexity index is 1140. The normalized spacial score (nSPS) is 19.6. The van der Waals surface area contributed by atoms with E-state index in [1.165, 1.54) is 7.11 Å². The molecule has 2 aliphatic rings. The fraction of sp³-hybridized carbons (Fsp3) is 0.423. The number of methoxy groups -OCH3 is 1. The molecule has 0 aliphatic carbocycles. The van der Waals surface area contributed by atoms with Crippen LogP contribution in [-0.4, -0.2) is 48.3 Å². The van der Waals surface area contributed by atoms with E-state index in [1.807, 2.05) is 13.0 Å². The van der Waals surface area contributed by atoms with Crippen molar-refractivity contribution in [2.24, 2.45) is 0 Å². The minimum atomic E-state index is -0.238. The van der Waals surface area contributed by atoms with Crippen LogP contribution in [0.3, 0.4) is 0 Å². The molecule has 2 aromatic rings. The first kappa shape index (κ1) is 26.2. The summed E-state index contributed by atoms with van der Waals surface area (Å²) in [6.45, 7) is 3.81. The van der Waals surface area contributed by atoms with Crippen LogP contribution in [0.15, 0.2) is 47.9 Å². The van der Waals surface area contributed by atoms with E-state index in [9.17, 15) is 4.79 Å². The number of nitrogens with one attached hydrogen (secondary N) is 3. The highest BCUT2D eigenvalue weighted by Gasteiger charge is 2.28. The number of halogens is 1. The van der Waals surface area contributed by atoms with Crippen molar-refractivity contribution in [1.29, 1.82) is 0 Å². The predicted molar refractivity (Wildman–Crippen MR) is 144 cm³/mol. The summed E-state index contributed by atoms with van der Waals surface area (Å²) in [4.78, 5) is 17.5. The lowest BCUT2D eigenvalue weighted by Crippen LogP contribution is -2.44. The summed E-state index contributed by atoms with van der Waals surface area (Å²) < 4.78 is 17.1. The van der Waals surface area contributed by atoms with E-state index >= 15 is 0 Å². The lowest BCUT2D eigenvalue weighted by atomic mass is 10.0. The summed E-state index contributed by atoms with van der Waals surface area (Å²) in [5, 5.41) is 9.97. The largest absolute Gasteiger partial charge is 0.493 e. The molecule has 0 radical (unpaired) electrons. The van der Waals surface area contributed by atoms with Crippen LogP contribution in [0.5, 0.6) is 11.5 Å². The number of nitrogens with zero attached hydrogens (tertiary/aromatic N) is 1. The summed E-state index contributed by atoms with van der Waals surface area (Å²) >= 11 is 11.9. The molecule has 1 aromatic carbocycles. The number of carbonyl (C=O) groups excluding carboxylic acids is 1. The van der Waals surface area contributed by atoms with Gasteiger partial charge in [0.1, 0.15) is 10.7 Å². The van der Waals surface area contributed by atoms with Crippen LogP contribution in [-0.2, 0) is 16.1 Å². The van der Waals surface area contributed by atoms with Crippen LogP contribution in [0.1, 0.15) is 38.2 Å². The van der Waals surface area contributed by atoms with E-state index in [4.69, 9.17) is 38.0 Å². The number of aromatic nitrogens is 1. The average Bonchev–Trinajstić information content (AvgIpc) is 3.37. The zero-order chi connectivity index (χ0) is 25.5. The van der Waals surface area contributed by atoms with Crippen molar-refractivity contribution >= 4 is 40.4 Å². The maximum Gasteiger partial charge on any atom is 0.256 e. The van der Waals surface area contributed by atoms with Gasteiger partial charge in [-0.2, -0.15) is 0 Å². The van der Waals surface area contributed by atoms with Crippen LogP contribution in [0.2, 0.25) is 5.02 Å². The SMILES string of the molecule is COc1c(Cl)cccc1NC(=S)C1=C(NCc2ccncc2OCC[C@@H]2CCCO2)C[C@@H](C)NC1=O. The number of pyridine rings is 1. The number of amides is 1. The molecule has 0 bridgehead atoms. The zero-order valence-electron chi connectivity index (χ0n) is 20.4. The monoisotopic (exact) mass is 530 g/mol. The highest BCUT2D eigenvalue weighted by molar-refractivity contribution is 7.81. The second-order valence-electron chi connectivity index (χ2n) is 8.82. The Morgan fingerprint density at radius 3 is 3.00 bits per heavy atom. The number of rotatable bonds is 10. The standard InChI is InChI=1S/C26H31ClN4O4S/c1-16-13-21(23(25(32)30-16)26(36)31-20-7-3-6-19(27)24(20)33-2)29-14-17-8-10-28-15-22(17)35-12-9-18-5-4-11-34-18/h3,6-8,10,15-16,18,29H,4-5,9,11-14H2,1-2H3,(H,30,32)(H,31,36)/t16-,18+/m1/s1. The molecule has 192 valence electrons. The Morgan fingerprint density at radius 1 is 1.36 bits per heavy atom. The molecule has 3 heterocycles. The van der Waals surface area contributed by atoms with Gasteiger partial charge in [-0.1, -0.05) is 29.9 Å². The van der Waals surface area contributed by atoms with Gasteiger partial charge in [-0.15, -0.1) is 0 Å². The molecule has 2 atom stereocenters. The van der Waals surface area contributed by atoms with Gasteiger partial charge < -0.3 is 30.2 Å². The van der Waals surface area contributed by atoms with Gasteiger partial charge in [-0.25, -0.2) is 0 Å². The molecule has 10 heteroatoms. The molecule has 1 saturated heterocycles. The van der Waals surface area contributed by atoms with Crippen LogP contribution >= 0.6 is 23.8 Å². The zero-order valence-corrected chi connectivity index (χ0v) is 22.0. The minimum Gasteiger partial charge on any atom is -0.493 e. The number of hydrogen-bond acceptors (Lipinski definition) is 7. The van der Waals surface area contributed by atoms with Crippen LogP contribution in [0.25, 0.3) is 0 Å². The second kappa shape index (κ2) is 12.4. The topological polar surface area (TPSA) is 93.7 Å². The molecule has 0 spiro atoms. The first-order chi connectivity index (χ1) is 17.5. The summed E-state index contributed by atoms with van der Waals surface area (Å²) in [7, 11) is 1.53. The molecule has 3 N–H and O–H groups in total. The summed E-state index contributed by atoms with van der Waals surface area (Å²) in [5.41, 5.74) is 2.68. The molecule has 4 rings (SSSR count). The van der Waals surface area contributed by atoms with Crippen molar-refractivity contribution in [2.75, 3.05) is 25.6 Å². The average molecular weight is 531 g/mol. The predicted octanol–water partition coefficient (Wildman–Crippen LogP) is 4.38. The van der Waals surface area contributed by atoms with Crippen LogP contribution in [0, 0.1) is 0 Å². The summed E-state index contributed by atoms with van der Waals surface area (Å²) in [5.74, 6) is 0.933. The fourth-order valence-corrected chi connectivity index (χ4v) is 4.93. The molecule has 8 nitrogen and oxygen atoms in total. The number of anilines is 1. The number of thiocarbonyl (C=S) groups is 1. The van der Waals surface area contributed by atoms with E-state index in [2.05, 4.69) is 20.9 Å². The van der Waals surface area contributed by atoms with Gasteiger partial charge >= 0.3 is 0 Å². The lowest BCUT2D eigenvalue weighted by Gasteiger charge is -2.27. The van der Waals surface area contributed by atoms with Crippen LogP contribution < -0.4 is 25.4 Å². The molecule has 1 fully saturated rings. The van der Waals surface area contributed by atoms with Crippen molar-refractivity contribution in [3.8, 4) is 11.5 Å². The van der Waals surface area contributed by atoms with Gasteiger partial charge in [-0.3, -0.25) is 9.78 Å². The van der Waals surface area contributed by atoms with Gasteiger partial charge in [0.05, 0.1) is 42.3 Å². The summed E-state index contributed by atoms with van der Waals surface area (Å²) in [6.07, 6.45) is 7.36. The van der Waals surface area contributed by atoms with Gasteiger partial charge in [0.15, 0.2) is 5.75 Å². The Balaban J connectivity index is 1.48. The highest BCUT2D eigenvalue weighted by atomic mass is 35.5.